The van der Waals surface area contributed by atoms with Crippen molar-refractivity contribution in [3.8, 4) is 5.75 Å². The monoisotopic (exact) mass is 281 g/mol. The van der Waals surface area contributed by atoms with E-state index in [1.54, 1.807) is 0 Å². The van der Waals surface area contributed by atoms with Crippen molar-refractivity contribution < 1.29 is 22.7 Å². The average molecular weight is 281 g/mol. The molecule has 2 rings (SSSR count). The third-order valence-electron chi connectivity index (χ3n) is 2.72. The number of benzene rings is 1. The van der Waals surface area contributed by atoms with Crippen LogP contribution in [0.25, 0.3) is 0 Å². The molecule has 0 aliphatic rings. The van der Waals surface area contributed by atoms with Crippen LogP contribution in [0, 0.1) is 0 Å². The Morgan fingerprint density at radius 3 is 2.35 bits per heavy atom. The van der Waals surface area contributed by atoms with Crippen molar-refractivity contribution in [2.45, 2.75) is 6.18 Å². The van der Waals surface area contributed by atoms with E-state index in [4.69, 9.17) is 4.74 Å². The number of ketones is 1. The van der Waals surface area contributed by atoms with Gasteiger partial charge in [0.05, 0.1) is 7.11 Å². The zero-order chi connectivity index (χ0) is 14.8. The summed E-state index contributed by atoms with van der Waals surface area (Å²) in [5, 5.41) is 0. The largest absolute Gasteiger partial charge is 0.496 e. The van der Waals surface area contributed by atoms with Crippen molar-refractivity contribution in [1.82, 2.24) is 4.98 Å². The lowest BCUT2D eigenvalue weighted by Gasteiger charge is -2.15. The molecule has 104 valence electrons. The zero-order valence-electron chi connectivity index (χ0n) is 10.4. The van der Waals surface area contributed by atoms with Crippen LogP contribution in [-0.4, -0.2) is 17.9 Å². The average Bonchev–Trinajstić information content (AvgIpc) is 2.45. The van der Waals surface area contributed by atoms with Crippen molar-refractivity contribution in [2.75, 3.05) is 7.11 Å². The number of hydrogen-bond donors (Lipinski definition) is 0. The van der Waals surface area contributed by atoms with Gasteiger partial charge in [-0.05, 0) is 18.2 Å². The van der Waals surface area contributed by atoms with Gasteiger partial charge in [0.15, 0.2) is 5.78 Å². The van der Waals surface area contributed by atoms with Gasteiger partial charge in [0, 0.05) is 23.5 Å². The summed E-state index contributed by atoms with van der Waals surface area (Å²) in [6.45, 7) is 0. The molecule has 0 unspecified atom stereocenters. The van der Waals surface area contributed by atoms with Crippen molar-refractivity contribution in [2.24, 2.45) is 0 Å². The Morgan fingerprint density at radius 2 is 1.80 bits per heavy atom. The summed E-state index contributed by atoms with van der Waals surface area (Å²) in [7, 11) is 1.13. The minimum absolute atomic E-state index is 0.138. The highest BCUT2D eigenvalue weighted by Gasteiger charge is 2.38. The number of carbonyl (C=O) groups excluding carboxylic acids is 1. The molecule has 0 N–H and O–H groups in total. The fourth-order valence-electron chi connectivity index (χ4n) is 1.84. The van der Waals surface area contributed by atoms with Gasteiger partial charge in [0.1, 0.15) is 11.3 Å². The van der Waals surface area contributed by atoms with Gasteiger partial charge in [-0.15, -0.1) is 0 Å². The Bertz CT molecular complexity index is 624. The Kier molecular flexibility index (Phi) is 3.74. The van der Waals surface area contributed by atoms with E-state index in [0.717, 1.165) is 13.2 Å². The first-order valence-electron chi connectivity index (χ1n) is 5.64. The van der Waals surface area contributed by atoms with Gasteiger partial charge >= 0.3 is 6.18 Å². The molecule has 1 aromatic carbocycles. The Labute approximate surface area is 113 Å². The van der Waals surface area contributed by atoms with Crippen LogP contribution in [0.4, 0.5) is 13.2 Å². The zero-order valence-corrected chi connectivity index (χ0v) is 10.4. The molecule has 0 spiro atoms. The summed E-state index contributed by atoms with van der Waals surface area (Å²) in [5.41, 5.74) is -1.37. The van der Waals surface area contributed by atoms with E-state index in [9.17, 15) is 18.0 Å². The maximum absolute atomic E-state index is 13.1. The molecule has 0 saturated carbocycles. The molecule has 0 fully saturated rings. The molecule has 0 bridgehead atoms. The molecule has 1 heterocycles. The SMILES string of the molecule is COc1cccc(C(=O)c2ccncc2)c1C(F)(F)F. The third-order valence-corrected chi connectivity index (χ3v) is 2.72. The molecule has 0 atom stereocenters. The van der Waals surface area contributed by atoms with Crippen LogP contribution in [-0.2, 0) is 6.18 Å². The van der Waals surface area contributed by atoms with Gasteiger partial charge in [-0.2, -0.15) is 13.2 Å². The second kappa shape index (κ2) is 5.32. The van der Waals surface area contributed by atoms with Crippen molar-refractivity contribution in [3.63, 3.8) is 0 Å². The summed E-state index contributed by atoms with van der Waals surface area (Å²) in [6.07, 6.45) is -1.98. The number of carbonyl (C=O) groups is 1. The summed E-state index contributed by atoms with van der Waals surface area (Å²) in [6, 6.07) is 6.38. The maximum Gasteiger partial charge on any atom is 0.420 e. The molecular weight excluding hydrogens is 271 g/mol. The molecule has 20 heavy (non-hydrogen) atoms. The summed E-state index contributed by atoms with van der Waals surface area (Å²) in [5.74, 6) is -1.10. The van der Waals surface area contributed by atoms with E-state index in [-0.39, 0.29) is 11.3 Å². The molecule has 6 heteroatoms. The highest BCUT2D eigenvalue weighted by molar-refractivity contribution is 6.10. The van der Waals surface area contributed by atoms with E-state index in [1.165, 1.54) is 36.7 Å². The van der Waals surface area contributed by atoms with Crippen LogP contribution in [0.5, 0.6) is 5.75 Å². The molecule has 3 nitrogen and oxygen atoms in total. The number of alkyl halides is 3. The number of nitrogens with zero attached hydrogens (tertiary/aromatic N) is 1. The number of pyridine rings is 1. The lowest BCUT2D eigenvalue weighted by molar-refractivity contribution is -0.139. The first-order chi connectivity index (χ1) is 9.45. The number of aromatic nitrogens is 1. The molecule has 0 radical (unpaired) electrons. The van der Waals surface area contributed by atoms with E-state index in [0.29, 0.717) is 0 Å². The maximum atomic E-state index is 13.1. The van der Waals surface area contributed by atoms with Crippen LogP contribution in [0.15, 0.2) is 42.7 Å². The van der Waals surface area contributed by atoms with Crippen LogP contribution in [0.3, 0.4) is 0 Å². The Hall–Kier alpha value is -2.37. The molecule has 1 aromatic heterocycles. The summed E-state index contributed by atoms with van der Waals surface area (Å²) >= 11 is 0. The van der Waals surface area contributed by atoms with Crippen LogP contribution >= 0.6 is 0 Å². The van der Waals surface area contributed by atoms with E-state index >= 15 is 0 Å². The first-order valence-corrected chi connectivity index (χ1v) is 5.64. The molecule has 0 aliphatic carbocycles. The third kappa shape index (κ3) is 2.64. The fourth-order valence-corrected chi connectivity index (χ4v) is 1.84. The molecule has 0 aliphatic heterocycles. The van der Waals surface area contributed by atoms with Gasteiger partial charge in [-0.3, -0.25) is 9.78 Å². The summed E-state index contributed by atoms with van der Waals surface area (Å²) in [4.78, 5) is 15.9. The van der Waals surface area contributed by atoms with Crippen LogP contribution < -0.4 is 4.74 Å². The number of halogens is 3. The predicted molar refractivity (Wildman–Crippen MR) is 65.7 cm³/mol. The minimum Gasteiger partial charge on any atom is -0.496 e. The highest BCUT2D eigenvalue weighted by Crippen LogP contribution is 2.39. The standard InChI is InChI=1S/C14H10F3NO2/c1-20-11-4-2-3-10(12(11)14(15,16)17)13(19)9-5-7-18-8-6-9/h2-8H,1H3. The van der Waals surface area contributed by atoms with Crippen molar-refractivity contribution in [1.29, 1.82) is 0 Å². The second-order valence-electron chi connectivity index (χ2n) is 3.95. The van der Waals surface area contributed by atoms with E-state index in [2.05, 4.69) is 4.98 Å². The van der Waals surface area contributed by atoms with Gasteiger partial charge in [0.2, 0.25) is 0 Å². The topological polar surface area (TPSA) is 39.2 Å². The van der Waals surface area contributed by atoms with E-state index < -0.39 is 23.1 Å². The Balaban J connectivity index is 2.60. The quantitative estimate of drug-likeness (QED) is 0.810. The molecule has 0 saturated heterocycles. The van der Waals surface area contributed by atoms with Gasteiger partial charge < -0.3 is 4.74 Å². The first kappa shape index (κ1) is 14.0. The minimum atomic E-state index is -4.68. The number of methoxy groups -OCH3 is 1. The van der Waals surface area contributed by atoms with E-state index in [1.807, 2.05) is 0 Å². The van der Waals surface area contributed by atoms with Crippen LogP contribution in [0.1, 0.15) is 21.5 Å². The highest BCUT2D eigenvalue weighted by atomic mass is 19.4. The molecule has 2 aromatic rings. The van der Waals surface area contributed by atoms with Gasteiger partial charge in [-0.1, -0.05) is 12.1 Å². The normalized spacial score (nSPS) is 11.2. The number of hydrogen-bond acceptors (Lipinski definition) is 3. The van der Waals surface area contributed by atoms with Crippen molar-refractivity contribution in [3.05, 3.63) is 59.4 Å². The lowest BCUT2D eigenvalue weighted by atomic mass is 9.98. The smallest absolute Gasteiger partial charge is 0.420 e. The predicted octanol–water partition coefficient (Wildman–Crippen LogP) is 3.34. The second-order valence-corrected chi connectivity index (χ2v) is 3.95. The van der Waals surface area contributed by atoms with Gasteiger partial charge in [-0.25, -0.2) is 0 Å². The van der Waals surface area contributed by atoms with Crippen molar-refractivity contribution >= 4 is 5.78 Å². The van der Waals surface area contributed by atoms with Crippen LogP contribution in [0.2, 0.25) is 0 Å². The molecular formula is C14H10F3NO2. The molecule has 0 amide bonds. The number of rotatable bonds is 3. The fraction of sp³-hybridized carbons (Fsp3) is 0.143. The summed E-state index contributed by atoms with van der Waals surface area (Å²) < 4.78 is 44.1. The Morgan fingerprint density at radius 1 is 1.15 bits per heavy atom. The lowest BCUT2D eigenvalue weighted by Crippen LogP contribution is -2.15. The van der Waals surface area contributed by atoms with Gasteiger partial charge in [0.25, 0.3) is 0 Å². The number of ether oxygens (including phenoxy) is 1.